The monoisotopic (exact) mass is 362 g/mol. The van der Waals surface area contributed by atoms with Gasteiger partial charge in [-0.1, -0.05) is 49.6 Å². The number of fused-ring (bicyclic) bond motifs is 1. The van der Waals surface area contributed by atoms with E-state index in [9.17, 15) is 9.59 Å². The fourth-order valence-electron chi connectivity index (χ4n) is 3.84. The van der Waals surface area contributed by atoms with Crippen molar-refractivity contribution < 1.29 is 13.9 Å². The minimum Gasteiger partial charge on any atom is -0.426 e. The minimum absolute atomic E-state index is 0.0310. The van der Waals surface area contributed by atoms with Crippen LogP contribution in [0.4, 0.5) is 0 Å². The molecule has 0 amide bonds. The fraction of sp³-hybridized carbons (Fsp3) is 0.304. The van der Waals surface area contributed by atoms with E-state index in [4.69, 9.17) is 9.15 Å². The molecule has 0 spiro atoms. The van der Waals surface area contributed by atoms with Gasteiger partial charge >= 0.3 is 11.6 Å². The van der Waals surface area contributed by atoms with Gasteiger partial charge in [-0.05, 0) is 43.0 Å². The highest BCUT2D eigenvalue weighted by Gasteiger charge is 2.24. The van der Waals surface area contributed by atoms with Crippen LogP contribution in [0, 0.1) is 12.8 Å². The van der Waals surface area contributed by atoms with Crippen molar-refractivity contribution in [2.45, 2.75) is 39.0 Å². The summed E-state index contributed by atoms with van der Waals surface area (Å²) in [6.45, 7) is 1.82. The molecule has 1 aliphatic rings. The first-order chi connectivity index (χ1) is 13.1. The summed E-state index contributed by atoms with van der Waals surface area (Å²) >= 11 is 0. The Balaban J connectivity index is 1.74. The summed E-state index contributed by atoms with van der Waals surface area (Å²) in [6, 6.07) is 14.9. The molecule has 0 atom stereocenters. The SMILES string of the molecule is Cc1c(OC(=O)C2CCCCC2)ccc2c(-c3ccccc3)cc(=O)oc12. The van der Waals surface area contributed by atoms with E-state index in [1.807, 2.05) is 43.3 Å². The average Bonchev–Trinajstić information content (AvgIpc) is 2.71. The summed E-state index contributed by atoms with van der Waals surface area (Å²) in [4.78, 5) is 24.6. The third kappa shape index (κ3) is 3.52. The molecule has 0 N–H and O–H groups in total. The molecule has 1 saturated carbocycles. The van der Waals surface area contributed by atoms with Crippen LogP contribution in [-0.4, -0.2) is 5.97 Å². The van der Waals surface area contributed by atoms with Crippen LogP contribution in [0.2, 0.25) is 0 Å². The molecule has 138 valence electrons. The zero-order valence-corrected chi connectivity index (χ0v) is 15.4. The lowest BCUT2D eigenvalue weighted by molar-refractivity contribution is -0.140. The molecule has 1 fully saturated rings. The fourth-order valence-corrected chi connectivity index (χ4v) is 3.84. The first-order valence-electron chi connectivity index (χ1n) is 9.48. The van der Waals surface area contributed by atoms with Crippen molar-refractivity contribution in [1.29, 1.82) is 0 Å². The second-order valence-corrected chi connectivity index (χ2v) is 7.17. The lowest BCUT2D eigenvalue weighted by atomic mass is 9.89. The van der Waals surface area contributed by atoms with Crippen LogP contribution < -0.4 is 10.4 Å². The van der Waals surface area contributed by atoms with E-state index in [-0.39, 0.29) is 11.9 Å². The standard InChI is InChI=1S/C23H22O4/c1-15-20(26-23(25)17-10-6-3-7-11-17)13-12-18-19(14-21(24)27-22(15)18)16-8-4-2-5-9-16/h2,4-5,8-9,12-14,17H,3,6-7,10-11H2,1H3. The maximum Gasteiger partial charge on any atom is 0.336 e. The Morgan fingerprint density at radius 3 is 2.52 bits per heavy atom. The van der Waals surface area contributed by atoms with Crippen molar-refractivity contribution in [2.24, 2.45) is 5.92 Å². The predicted octanol–water partition coefficient (Wildman–Crippen LogP) is 5.25. The number of benzene rings is 2. The molecule has 27 heavy (non-hydrogen) atoms. The van der Waals surface area contributed by atoms with Crippen molar-refractivity contribution in [2.75, 3.05) is 0 Å². The van der Waals surface area contributed by atoms with E-state index in [1.165, 1.54) is 12.5 Å². The summed E-state index contributed by atoms with van der Waals surface area (Å²) in [5.74, 6) is 0.252. The predicted molar refractivity (Wildman–Crippen MR) is 105 cm³/mol. The van der Waals surface area contributed by atoms with Crippen molar-refractivity contribution in [1.82, 2.24) is 0 Å². The van der Waals surface area contributed by atoms with Gasteiger partial charge in [0, 0.05) is 17.0 Å². The maximum atomic E-state index is 12.5. The highest BCUT2D eigenvalue weighted by Crippen LogP contribution is 2.34. The number of esters is 1. The summed E-state index contributed by atoms with van der Waals surface area (Å²) in [5.41, 5.74) is 2.49. The molecule has 0 unspecified atom stereocenters. The normalized spacial score (nSPS) is 15.0. The molecule has 3 aromatic rings. The number of carbonyl (C=O) groups is 1. The van der Waals surface area contributed by atoms with Gasteiger partial charge in [-0.2, -0.15) is 0 Å². The zero-order chi connectivity index (χ0) is 18.8. The lowest BCUT2D eigenvalue weighted by Crippen LogP contribution is -2.23. The third-order valence-electron chi connectivity index (χ3n) is 5.35. The van der Waals surface area contributed by atoms with Crippen molar-refractivity contribution in [3.05, 3.63) is 64.5 Å². The number of carbonyl (C=O) groups excluding carboxylic acids is 1. The Morgan fingerprint density at radius 1 is 1.04 bits per heavy atom. The van der Waals surface area contributed by atoms with Gasteiger partial charge in [0.2, 0.25) is 0 Å². The van der Waals surface area contributed by atoms with Gasteiger partial charge in [-0.15, -0.1) is 0 Å². The molecule has 4 heteroatoms. The summed E-state index contributed by atoms with van der Waals surface area (Å²) < 4.78 is 11.2. The minimum atomic E-state index is -0.416. The topological polar surface area (TPSA) is 56.5 Å². The molecule has 1 aromatic heterocycles. The lowest BCUT2D eigenvalue weighted by Gasteiger charge is -2.20. The van der Waals surface area contributed by atoms with Gasteiger partial charge in [-0.25, -0.2) is 4.79 Å². The van der Waals surface area contributed by atoms with Crippen LogP contribution in [0.5, 0.6) is 5.75 Å². The maximum absolute atomic E-state index is 12.5. The largest absolute Gasteiger partial charge is 0.426 e. The van der Waals surface area contributed by atoms with Gasteiger partial charge in [0.15, 0.2) is 0 Å². The van der Waals surface area contributed by atoms with Crippen LogP contribution in [0.15, 0.2) is 57.7 Å². The van der Waals surface area contributed by atoms with Gasteiger partial charge in [0.25, 0.3) is 0 Å². The van der Waals surface area contributed by atoms with Crippen LogP contribution >= 0.6 is 0 Å². The second-order valence-electron chi connectivity index (χ2n) is 7.17. The Hall–Kier alpha value is -2.88. The van der Waals surface area contributed by atoms with Crippen molar-refractivity contribution >= 4 is 16.9 Å². The quantitative estimate of drug-likeness (QED) is 0.362. The molecule has 0 aliphatic heterocycles. The van der Waals surface area contributed by atoms with Crippen LogP contribution in [0.25, 0.3) is 22.1 Å². The molecule has 0 saturated heterocycles. The number of hydrogen-bond acceptors (Lipinski definition) is 4. The van der Waals surface area contributed by atoms with Crippen molar-refractivity contribution in [3.8, 4) is 16.9 Å². The van der Waals surface area contributed by atoms with E-state index in [0.717, 1.165) is 42.2 Å². The van der Waals surface area contributed by atoms with Gasteiger partial charge < -0.3 is 9.15 Å². The molecular weight excluding hydrogens is 340 g/mol. The highest BCUT2D eigenvalue weighted by atomic mass is 16.5. The number of hydrogen-bond donors (Lipinski definition) is 0. The number of ether oxygens (including phenoxy) is 1. The molecule has 0 bridgehead atoms. The molecule has 4 nitrogen and oxygen atoms in total. The Labute approximate surface area is 157 Å². The van der Waals surface area contributed by atoms with Crippen LogP contribution in [0.3, 0.4) is 0 Å². The van der Waals surface area contributed by atoms with E-state index < -0.39 is 5.63 Å². The summed E-state index contributed by atoms with van der Waals surface area (Å²) in [6.07, 6.45) is 5.11. The van der Waals surface area contributed by atoms with E-state index >= 15 is 0 Å². The molecule has 0 radical (unpaired) electrons. The van der Waals surface area contributed by atoms with E-state index in [2.05, 4.69) is 0 Å². The molecular formula is C23H22O4. The van der Waals surface area contributed by atoms with Gasteiger partial charge in [0.05, 0.1) is 5.92 Å². The van der Waals surface area contributed by atoms with Gasteiger partial charge in [0.1, 0.15) is 11.3 Å². The first kappa shape index (κ1) is 17.5. The molecule has 1 heterocycles. The third-order valence-corrected chi connectivity index (χ3v) is 5.35. The van der Waals surface area contributed by atoms with E-state index in [0.29, 0.717) is 16.9 Å². The average molecular weight is 362 g/mol. The number of aryl methyl sites for hydroxylation is 1. The van der Waals surface area contributed by atoms with E-state index in [1.54, 1.807) is 6.07 Å². The summed E-state index contributed by atoms with van der Waals surface area (Å²) in [5, 5.41) is 0.829. The Morgan fingerprint density at radius 2 is 1.78 bits per heavy atom. The van der Waals surface area contributed by atoms with Crippen LogP contribution in [-0.2, 0) is 4.79 Å². The smallest absolute Gasteiger partial charge is 0.336 e. The zero-order valence-electron chi connectivity index (χ0n) is 15.4. The summed E-state index contributed by atoms with van der Waals surface area (Å²) in [7, 11) is 0. The Kier molecular flexibility index (Phi) is 4.80. The first-order valence-corrected chi connectivity index (χ1v) is 9.48. The van der Waals surface area contributed by atoms with Gasteiger partial charge in [-0.3, -0.25) is 4.79 Å². The molecule has 1 aliphatic carbocycles. The van der Waals surface area contributed by atoms with Crippen LogP contribution in [0.1, 0.15) is 37.7 Å². The molecule has 2 aromatic carbocycles. The second kappa shape index (κ2) is 7.39. The Bertz CT molecular complexity index is 1030. The van der Waals surface area contributed by atoms with Crippen molar-refractivity contribution in [3.63, 3.8) is 0 Å². The highest BCUT2D eigenvalue weighted by molar-refractivity contribution is 5.96. The molecule has 4 rings (SSSR count). The number of rotatable bonds is 3.